The summed E-state index contributed by atoms with van der Waals surface area (Å²) in [4.78, 5) is 13.5. The molecular formula is C13H12BrNO. The SMILES string of the molecule is C#CC1CC(=O)N(c2ccc(C)cc2Br)C1. The Hall–Kier alpha value is -1.27. The molecule has 1 saturated heterocycles. The number of amides is 1. The molecule has 1 aliphatic heterocycles. The molecule has 0 aromatic heterocycles. The maximum atomic E-state index is 11.8. The fraction of sp³-hybridized carbons (Fsp3) is 0.308. The lowest BCUT2D eigenvalue weighted by molar-refractivity contribution is -0.117. The number of anilines is 1. The van der Waals surface area contributed by atoms with Crippen molar-refractivity contribution in [3.8, 4) is 12.3 Å². The lowest BCUT2D eigenvalue weighted by Gasteiger charge is -2.18. The molecule has 1 fully saturated rings. The van der Waals surface area contributed by atoms with Gasteiger partial charge in [0.25, 0.3) is 0 Å². The first-order valence-corrected chi connectivity index (χ1v) is 5.93. The zero-order valence-electron chi connectivity index (χ0n) is 9.03. The number of nitrogens with zero attached hydrogens (tertiary/aromatic N) is 1. The predicted octanol–water partition coefficient (Wildman–Crippen LogP) is 2.74. The van der Waals surface area contributed by atoms with Crippen LogP contribution >= 0.6 is 15.9 Å². The first kappa shape index (κ1) is 11.2. The Kier molecular flexibility index (Phi) is 3.02. The minimum atomic E-state index is 0.0423. The molecule has 1 aliphatic rings. The van der Waals surface area contributed by atoms with Crippen molar-refractivity contribution in [2.24, 2.45) is 5.92 Å². The molecule has 1 aromatic rings. The summed E-state index contributed by atoms with van der Waals surface area (Å²) in [7, 11) is 0. The molecule has 1 amide bonds. The van der Waals surface area contributed by atoms with Crippen molar-refractivity contribution in [3.63, 3.8) is 0 Å². The average Bonchev–Trinajstić information content (AvgIpc) is 2.60. The zero-order valence-corrected chi connectivity index (χ0v) is 10.6. The molecular weight excluding hydrogens is 266 g/mol. The summed E-state index contributed by atoms with van der Waals surface area (Å²) >= 11 is 3.48. The highest BCUT2D eigenvalue weighted by Crippen LogP contribution is 2.31. The summed E-state index contributed by atoms with van der Waals surface area (Å²) in [5, 5.41) is 0. The van der Waals surface area contributed by atoms with Crippen LogP contribution in [-0.2, 0) is 4.79 Å². The molecule has 82 valence electrons. The van der Waals surface area contributed by atoms with E-state index in [0.717, 1.165) is 15.7 Å². The summed E-state index contributed by atoms with van der Waals surface area (Å²) < 4.78 is 0.943. The van der Waals surface area contributed by atoms with Crippen molar-refractivity contribution in [1.82, 2.24) is 0 Å². The first-order chi connectivity index (χ1) is 7.61. The topological polar surface area (TPSA) is 20.3 Å². The molecule has 0 saturated carbocycles. The summed E-state index contributed by atoms with van der Waals surface area (Å²) in [5.74, 6) is 2.79. The number of rotatable bonds is 1. The number of terminal acetylenes is 1. The van der Waals surface area contributed by atoms with Crippen LogP contribution < -0.4 is 4.90 Å². The van der Waals surface area contributed by atoms with Gasteiger partial charge < -0.3 is 4.90 Å². The standard InChI is InChI=1S/C13H12BrNO/c1-3-10-7-13(16)15(8-10)12-5-4-9(2)6-11(12)14/h1,4-6,10H,7-8H2,2H3. The number of aryl methyl sites for hydroxylation is 1. The monoisotopic (exact) mass is 277 g/mol. The minimum absolute atomic E-state index is 0.0423. The Morgan fingerprint density at radius 1 is 1.56 bits per heavy atom. The van der Waals surface area contributed by atoms with E-state index in [0.29, 0.717) is 13.0 Å². The lowest BCUT2D eigenvalue weighted by Crippen LogP contribution is -2.24. The van der Waals surface area contributed by atoms with Crippen LogP contribution in [0.25, 0.3) is 0 Å². The van der Waals surface area contributed by atoms with Gasteiger partial charge in [-0.25, -0.2) is 0 Å². The van der Waals surface area contributed by atoms with Crippen LogP contribution in [-0.4, -0.2) is 12.5 Å². The first-order valence-electron chi connectivity index (χ1n) is 5.14. The second kappa shape index (κ2) is 4.31. The summed E-state index contributed by atoms with van der Waals surface area (Å²) in [6.07, 6.45) is 5.81. The van der Waals surface area contributed by atoms with E-state index in [1.807, 2.05) is 25.1 Å². The molecule has 16 heavy (non-hydrogen) atoms. The molecule has 1 atom stereocenters. The number of carbonyl (C=O) groups excluding carboxylic acids is 1. The fourth-order valence-corrected chi connectivity index (χ4v) is 2.59. The maximum absolute atomic E-state index is 11.8. The normalized spacial score (nSPS) is 19.9. The molecule has 1 unspecified atom stereocenters. The van der Waals surface area contributed by atoms with Gasteiger partial charge in [-0.15, -0.1) is 12.3 Å². The van der Waals surface area contributed by atoms with Gasteiger partial charge in [0.05, 0.1) is 5.69 Å². The van der Waals surface area contributed by atoms with Crippen molar-refractivity contribution in [3.05, 3.63) is 28.2 Å². The van der Waals surface area contributed by atoms with Crippen LogP contribution in [0.1, 0.15) is 12.0 Å². The van der Waals surface area contributed by atoms with E-state index in [1.54, 1.807) is 4.90 Å². The number of benzene rings is 1. The minimum Gasteiger partial charge on any atom is -0.310 e. The van der Waals surface area contributed by atoms with Crippen LogP contribution in [0.3, 0.4) is 0 Å². The van der Waals surface area contributed by atoms with E-state index in [-0.39, 0.29) is 11.8 Å². The van der Waals surface area contributed by atoms with Crippen LogP contribution in [0.5, 0.6) is 0 Å². The highest BCUT2D eigenvalue weighted by atomic mass is 79.9. The molecule has 0 aliphatic carbocycles. The highest BCUT2D eigenvalue weighted by Gasteiger charge is 2.30. The largest absolute Gasteiger partial charge is 0.310 e. The van der Waals surface area contributed by atoms with Crippen molar-refractivity contribution >= 4 is 27.5 Å². The van der Waals surface area contributed by atoms with Crippen LogP contribution in [0.15, 0.2) is 22.7 Å². The van der Waals surface area contributed by atoms with Gasteiger partial charge in [0.15, 0.2) is 0 Å². The van der Waals surface area contributed by atoms with Gasteiger partial charge in [-0.05, 0) is 40.5 Å². The maximum Gasteiger partial charge on any atom is 0.228 e. The van der Waals surface area contributed by atoms with E-state index in [9.17, 15) is 4.79 Å². The third-order valence-corrected chi connectivity index (χ3v) is 3.39. The van der Waals surface area contributed by atoms with Gasteiger partial charge in [0.2, 0.25) is 5.91 Å². The third kappa shape index (κ3) is 1.98. The number of hydrogen-bond acceptors (Lipinski definition) is 1. The fourth-order valence-electron chi connectivity index (χ4n) is 1.88. The van der Waals surface area contributed by atoms with E-state index in [4.69, 9.17) is 6.42 Å². The molecule has 0 spiro atoms. The Morgan fingerprint density at radius 3 is 2.88 bits per heavy atom. The van der Waals surface area contributed by atoms with Crippen molar-refractivity contribution in [2.75, 3.05) is 11.4 Å². The van der Waals surface area contributed by atoms with Crippen LogP contribution in [0, 0.1) is 25.2 Å². The summed E-state index contributed by atoms with van der Waals surface area (Å²) in [5.41, 5.74) is 2.07. The Balaban J connectivity index is 2.32. The van der Waals surface area contributed by atoms with Crippen LogP contribution in [0.4, 0.5) is 5.69 Å². The van der Waals surface area contributed by atoms with Gasteiger partial charge in [-0.1, -0.05) is 6.07 Å². The molecule has 2 nitrogen and oxygen atoms in total. The third-order valence-electron chi connectivity index (χ3n) is 2.75. The number of halogens is 1. The molecule has 0 bridgehead atoms. The van der Waals surface area contributed by atoms with E-state index in [2.05, 4.69) is 21.9 Å². The Bertz CT molecular complexity index is 475. The van der Waals surface area contributed by atoms with Crippen molar-refractivity contribution in [2.45, 2.75) is 13.3 Å². The molecule has 0 N–H and O–H groups in total. The van der Waals surface area contributed by atoms with E-state index < -0.39 is 0 Å². The van der Waals surface area contributed by atoms with Gasteiger partial charge in [-0.2, -0.15) is 0 Å². The van der Waals surface area contributed by atoms with Crippen molar-refractivity contribution < 1.29 is 4.79 Å². The molecule has 3 heteroatoms. The van der Waals surface area contributed by atoms with Gasteiger partial charge in [0, 0.05) is 23.4 Å². The van der Waals surface area contributed by atoms with Crippen molar-refractivity contribution in [1.29, 1.82) is 0 Å². The Labute approximate surface area is 104 Å². The smallest absolute Gasteiger partial charge is 0.228 e. The summed E-state index contributed by atoms with van der Waals surface area (Å²) in [6, 6.07) is 5.96. The number of carbonyl (C=O) groups is 1. The van der Waals surface area contributed by atoms with Crippen LogP contribution in [0.2, 0.25) is 0 Å². The Morgan fingerprint density at radius 2 is 2.31 bits per heavy atom. The molecule has 0 radical (unpaired) electrons. The van der Waals surface area contributed by atoms with Gasteiger partial charge in [0.1, 0.15) is 0 Å². The molecule has 2 rings (SSSR count). The number of hydrogen-bond donors (Lipinski definition) is 0. The van der Waals surface area contributed by atoms with Gasteiger partial charge in [-0.3, -0.25) is 4.79 Å². The highest BCUT2D eigenvalue weighted by molar-refractivity contribution is 9.10. The second-order valence-corrected chi connectivity index (χ2v) is 4.88. The quantitative estimate of drug-likeness (QED) is 0.723. The van der Waals surface area contributed by atoms with Gasteiger partial charge >= 0.3 is 0 Å². The zero-order chi connectivity index (χ0) is 11.7. The molecule has 1 heterocycles. The second-order valence-electron chi connectivity index (χ2n) is 4.03. The van der Waals surface area contributed by atoms with E-state index >= 15 is 0 Å². The lowest BCUT2D eigenvalue weighted by atomic mass is 10.1. The molecule has 1 aromatic carbocycles. The van der Waals surface area contributed by atoms with E-state index in [1.165, 1.54) is 0 Å². The average molecular weight is 278 g/mol. The predicted molar refractivity (Wildman–Crippen MR) is 68.2 cm³/mol. The summed E-state index contributed by atoms with van der Waals surface area (Å²) in [6.45, 7) is 2.64.